The molecule has 0 aliphatic heterocycles. The first kappa shape index (κ1) is 9.05. The highest BCUT2D eigenvalue weighted by atomic mass is 79.9. The van der Waals surface area contributed by atoms with Gasteiger partial charge >= 0.3 is 0 Å². The summed E-state index contributed by atoms with van der Waals surface area (Å²) in [6, 6.07) is 3.59. The van der Waals surface area contributed by atoms with Crippen LogP contribution in [-0.2, 0) is 0 Å². The summed E-state index contributed by atoms with van der Waals surface area (Å²) in [6.45, 7) is 0. The highest BCUT2D eigenvalue weighted by molar-refractivity contribution is 9.10. The van der Waals surface area contributed by atoms with E-state index in [0.29, 0.717) is 9.76 Å². The van der Waals surface area contributed by atoms with Gasteiger partial charge in [0.1, 0.15) is 5.69 Å². The van der Waals surface area contributed by atoms with Crippen molar-refractivity contribution in [2.24, 2.45) is 0 Å². The van der Waals surface area contributed by atoms with Gasteiger partial charge < -0.3 is 0 Å². The van der Waals surface area contributed by atoms with Crippen molar-refractivity contribution in [2.45, 2.75) is 0 Å². The Hall–Kier alpha value is -0.520. The summed E-state index contributed by atoms with van der Waals surface area (Å²) < 4.78 is 4.58. The largest absolute Gasteiger partial charge is 0.252 e. The Morgan fingerprint density at radius 3 is 2.77 bits per heavy atom. The summed E-state index contributed by atoms with van der Waals surface area (Å²) in [5.41, 5.74) is 0.785. The number of nitrogens with zero attached hydrogens (tertiary/aromatic N) is 3. The molecule has 0 spiro atoms. The molecule has 2 rings (SSSR count). The summed E-state index contributed by atoms with van der Waals surface area (Å²) in [6.07, 6.45) is 1.59. The summed E-state index contributed by atoms with van der Waals surface area (Å²) in [7, 11) is 0. The zero-order valence-electron chi connectivity index (χ0n) is 6.24. The van der Waals surface area contributed by atoms with Crippen molar-refractivity contribution < 1.29 is 0 Å². The topological polar surface area (TPSA) is 38.7 Å². The second-order valence-electron chi connectivity index (χ2n) is 2.23. The highest BCUT2D eigenvalue weighted by Gasteiger charge is 2.04. The Labute approximate surface area is 92.1 Å². The second kappa shape index (κ2) is 3.69. The first-order valence-electron chi connectivity index (χ1n) is 3.37. The Kier molecular flexibility index (Phi) is 2.57. The smallest absolute Gasteiger partial charge is 0.209 e. The Morgan fingerprint density at radius 2 is 2.23 bits per heavy atom. The van der Waals surface area contributed by atoms with E-state index in [2.05, 4.69) is 30.3 Å². The monoisotopic (exact) mass is 275 g/mol. The molecular weight excluding hydrogens is 274 g/mol. The van der Waals surface area contributed by atoms with Crippen molar-refractivity contribution in [1.82, 2.24) is 14.3 Å². The quantitative estimate of drug-likeness (QED) is 0.803. The van der Waals surface area contributed by atoms with E-state index >= 15 is 0 Å². The lowest BCUT2D eigenvalue weighted by atomic mass is 10.4. The van der Waals surface area contributed by atoms with Gasteiger partial charge in [-0.05, 0) is 39.6 Å². The molecule has 0 amide bonds. The van der Waals surface area contributed by atoms with E-state index in [4.69, 9.17) is 11.6 Å². The molecule has 0 radical (unpaired) electrons. The summed E-state index contributed by atoms with van der Waals surface area (Å²) in [5, 5.41) is 1.40. The minimum Gasteiger partial charge on any atom is -0.252 e. The van der Waals surface area contributed by atoms with Crippen LogP contribution in [0.25, 0.3) is 10.7 Å². The van der Waals surface area contributed by atoms with E-state index in [1.54, 1.807) is 12.3 Å². The molecule has 0 atom stereocenters. The van der Waals surface area contributed by atoms with Crippen LogP contribution >= 0.6 is 39.1 Å². The van der Waals surface area contributed by atoms with Gasteiger partial charge in [-0.2, -0.15) is 4.37 Å². The molecule has 0 saturated carbocycles. The molecule has 0 unspecified atom stereocenters. The molecule has 66 valence electrons. The molecule has 0 bridgehead atoms. The third-order valence-electron chi connectivity index (χ3n) is 1.35. The molecule has 0 fully saturated rings. The lowest BCUT2D eigenvalue weighted by Crippen LogP contribution is -1.80. The fourth-order valence-electron chi connectivity index (χ4n) is 0.812. The van der Waals surface area contributed by atoms with Crippen LogP contribution in [0.4, 0.5) is 0 Å². The number of pyridine rings is 1. The van der Waals surface area contributed by atoms with Crippen LogP contribution in [0.3, 0.4) is 0 Å². The van der Waals surface area contributed by atoms with Crippen LogP contribution in [0.5, 0.6) is 0 Å². The third-order valence-corrected chi connectivity index (χ3v) is 2.90. The van der Waals surface area contributed by atoms with E-state index in [9.17, 15) is 0 Å². The first-order valence-corrected chi connectivity index (χ1v) is 5.31. The molecule has 2 aromatic rings. The third kappa shape index (κ3) is 2.04. The minimum atomic E-state index is 0.587. The molecule has 0 saturated heterocycles. The van der Waals surface area contributed by atoms with E-state index < -0.39 is 0 Å². The van der Waals surface area contributed by atoms with Gasteiger partial charge in [0.25, 0.3) is 0 Å². The lowest BCUT2D eigenvalue weighted by Gasteiger charge is -1.92. The van der Waals surface area contributed by atoms with E-state index in [0.717, 1.165) is 10.7 Å². The van der Waals surface area contributed by atoms with Crippen LogP contribution in [0.1, 0.15) is 0 Å². The highest BCUT2D eigenvalue weighted by Crippen LogP contribution is 2.21. The number of rotatable bonds is 1. The van der Waals surface area contributed by atoms with Crippen molar-refractivity contribution in [1.29, 1.82) is 0 Å². The molecule has 0 aliphatic rings. The van der Waals surface area contributed by atoms with Gasteiger partial charge in [0.15, 0.2) is 5.01 Å². The van der Waals surface area contributed by atoms with Crippen molar-refractivity contribution in [3.8, 4) is 10.7 Å². The zero-order chi connectivity index (χ0) is 9.26. The number of hydrogen-bond donors (Lipinski definition) is 0. The SMILES string of the molecule is Clc1ccc(-c2nc(Br)ns2)nc1. The summed E-state index contributed by atoms with van der Waals surface area (Å²) in [4.78, 5) is 8.25. The standard InChI is InChI=1S/C7H3BrClN3S/c8-7-11-6(13-12-7)5-2-1-4(9)3-10-5/h1-3H. The molecular formula is C7H3BrClN3S. The molecule has 2 aromatic heterocycles. The van der Waals surface area contributed by atoms with E-state index in [1.807, 2.05) is 6.07 Å². The van der Waals surface area contributed by atoms with Crippen molar-refractivity contribution in [2.75, 3.05) is 0 Å². The van der Waals surface area contributed by atoms with E-state index in [1.165, 1.54) is 11.5 Å². The second-order valence-corrected chi connectivity index (χ2v) is 4.13. The summed E-state index contributed by atoms with van der Waals surface area (Å²) in [5.74, 6) is 0. The van der Waals surface area contributed by atoms with Gasteiger partial charge in [0, 0.05) is 6.20 Å². The van der Waals surface area contributed by atoms with E-state index in [-0.39, 0.29) is 0 Å². The molecule has 6 heteroatoms. The number of aromatic nitrogens is 3. The van der Waals surface area contributed by atoms with Gasteiger partial charge in [-0.15, -0.1) is 0 Å². The lowest BCUT2D eigenvalue weighted by molar-refractivity contribution is 1.23. The number of halogens is 2. The predicted molar refractivity (Wildman–Crippen MR) is 55.9 cm³/mol. The van der Waals surface area contributed by atoms with Crippen molar-refractivity contribution in [3.05, 3.63) is 28.1 Å². The maximum absolute atomic E-state index is 5.70. The normalized spacial score (nSPS) is 10.3. The van der Waals surface area contributed by atoms with Crippen LogP contribution in [0, 0.1) is 0 Å². The molecule has 13 heavy (non-hydrogen) atoms. The summed E-state index contributed by atoms with van der Waals surface area (Å²) >= 11 is 10.2. The average molecular weight is 277 g/mol. The maximum Gasteiger partial charge on any atom is 0.209 e. The van der Waals surface area contributed by atoms with Gasteiger partial charge in [0.2, 0.25) is 4.73 Å². The van der Waals surface area contributed by atoms with Gasteiger partial charge in [-0.1, -0.05) is 11.6 Å². The van der Waals surface area contributed by atoms with Crippen LogP contribution in [0.15, 0.2) is 23.1 Å². The van der Waals surface area contributed by atoms with Crippen molar-refractivity contribution >= 4 is 39.1 Å². The van der Waals surface area contributed by atoms with Crippen LogP contribution < -0.4 is 0 Å². The van der Waals surface area contributed by atoms with Crippen LogP contribution in [-0.4, -0.2) is 14.3 Å². The van der Waals surface area contributed by atoms with Crippen molar-refractivity contribution in [3.63, 3.8) is 0 Å². The maximum atomic E-state index is 5.70. The molecule has 0 N–H and O–H groups in total. The average Bonchev–Trinajstić information content (AvgIpc) is 2.53. The fraction of sp³-hybridized carbons (Fsp3) is 0. The zero-order valence-corrected chi connectivity index (χ0v) is 9.40. The molecule has 3 nitrogen and oxygen atoms in total. The predicted octanol–water partition coefficient (Wildman–Crippen LogP) is 3.02. The Balaban J connectivity index is 2.41. The molecule has 2 heterocycles. The van der Waals surface area contributed by atoms with Gasteiger partial charge in [-0.3, -0.25) is 4.98 Å². The van der Waals surface area contributed by atoms with Crippen LogP contribution in [0.2, 0.25) is 5.02 Å². The minimum absolute atomic E-state index is 0.587. The Bertz CT molecular complexity index is 414. The number of hydrogen-bond acceptors (Lipinski definition) is 4. The van der Waals surface area contributed by atoms with Gasteiger partial charge in [-0.25, -0.2) is 4.98 Å². The van der Waals surface area contributed by atoms with Gasteiger partial charge in [0.05, 0.1) is 5.02 Å². The molecule has 0 aromatic carbocycles. The fourth-order valence-corrected chi connectivity index (χ4v) is 1.98. The Morgan fingerprint density at radius 1 is 1.38 bits per heavy atom. The first-order chi connectivity index (χ1) is 6.25. The molecule has 0 aliphatic carbocycles.